The number of carboxylic acid groups (broad SMARTS) is 1. The molecule has 2 aromatic carbocycles. The first-order valence-electron chi connectivity index (χ1n) is 19.7. The van der Waals surface area contributed by atoms with Gasteiger partial charge in [-0.1, -0.05) is 85.7 Å². The number of nitrogens with two attached hydrogens (primary N) is 2. The molecular weight excluding hydrogens is 769 g/mol. The highest BCUT2D eigenvalue weighted by Crippen LogP contribution is 2.41. The van der Waals surface area contributed by atoms with Gasteiger partial charge < -0.3 is 46.3 Å². The Kier molecular flexibility index (Phi) is 26.9. The first-order valence-corrected chi connectivity index (χ1v) is 20.8. The molecule has 8 N–H and O–H groups in total. The number of aromatic nitrogens is 1. The predicted molar refractivity (Wildman–Crippen MR) is 228 cm³/mol. The molecule has 58 heavy (non-hydrogen) atoms. The lowest BCUT2D eigenvalue weighted by atomic mass is 9.82. The van der Waals surface area contributed by atoms with E-state index in [0.717, 1.165) is 29.9 Å². The van der Waals surface area contributed by atoms with Crippen LogP contribution in [0.25, 0.3) is 11.1 Å². The molecule has 0 radical (unpaired) electrons. The summed E-state index contributed by atoms with van der Waals surface area (Å²) in [6.45, 7) is 15.4. The molecule has 3 rings (SSSR count). The zero-order chi connectivity index (χ0) is 44.4. The molecule has 0 fully saturated rings. The van der Waals surface area contributed by atoms with Crippen LogP contribution in [0.3, 0.4) is 0 Å². The number of rotatable bonds is 19. The molecule has 326 valence electrons. The summed E-state index contributed by atoms with van der Waals surface area (Å²) in [7, 11) is 2.42. The minimum atomic E-state index is -1.07. The third-order valence-electron chi connectivity index (χ3n) is 8.27. The summed E-state index contributed by atoms with van der Waals surface area (Å²) < 4.78 is 35.8. The molecule has 0 aliphatic heterocycles. The fraction of sp³-hybridized carbons (Fsp3) is 0.524. The SMILES string of the molecule is CC.CC.CC(C)(C)C(c1cc(-c2cc(F)ccc2F)cn1Cc1ccccc1)N(CCC(N)C(=O)NCCNC(=O)C(N)CCC(=O)O)C(=O)CO.CCPOC. The molecule has 0 saturated heterocycles. The van der Waals surface area contributed by atoms with Crippen molar-refractivity contribution < 1.29 is 42.7 Å². The maximum absolute atomic E-state index is 15.0. The molecule has 13 nitrogen and oxygen atoms in total. The summed E-state index contributed by atoms with van der Waals surface area (Å²) in [4.78, 5) is 50.3. The van der Waals surface area contributed by atoms with E-state index in [1.165, 1.54) is 4.90 Å². The second-order valence-electron chi connectivity index (χ2n) is 13.6. The lowest BCUT2D eigenvalue weighted by Gasteiger charge is -2.41. The molecule has 3 amide bonds. The summed E-state index contributed by atoms with van der Waals surface area (Å²) in [6.07, 6.45) is 2.59. The molecule has 4 unspecified atom stereocenters. The molecule has 0 aliphatic rings. The van der Waals surface area contributed by atoms with Gasteiger partial charge >= 0.3 is 5.97 Å². The Labute approximate surface area is 345 Å². The monoisotopic (exact) mass is 836 g/mol. The van der Waals surface area contributed by atoms with Crippen molar-refractivity contribution in [1.29, 1.82) is 0 Å². The Morgan fingerprint density at radius 1 is 0.914 bits per heavy atom. The van der Waals surface area contributed by atoms with Gasteiger partial charge in [0.15, 0.2) is 0 Å². The van der Waals surface area contributed by atoms with Gasteiger partial charge in [-0.2, -0.15) is 0 Å². The van der Waals surface area contributed by atoms with Crippen molar-refractivity contribution in [2.24, 2.45) is 16.9 Å². The number of carboxylic acids is 1. The minimum Gasteiger partial charge on any atom is -0.481 e. The highest BCUT2D eigenvalue weighted by molar-refractivity contribution is 7.32. The molecule has 0 bridgehead atoms. The van der Waals surface area contributed by atoms with E-state index in [-0.39, 0.29) is 44.5 Å². The topological polar surface area (TPSA) is 202 Å². The molecule has 3 aromatic rings. The standard InChI is InChI=1S/C35H46F2N6O6.C3H9OP.2C2H6/c1-35(2,3)32(29-17-23(25-18-24(36)9-10-26(25)37)20-42(29)19-22-7-5-4-6-8-22)43(30(45)21-44)16-13-28(39)34(49)41-15-14-40-33(48)27(38)11-12-31(46)47;1-3-5-4-2;2*1-2/h4-10,17-18,20,27-28,32,44H,11-16,19,21,38-39H2,1-3H3,(H,40,48)(H,41,49)(H,46,47);5H,3H2,1-2H3;2*1-2H3. The number of aliphatic hydroxyl groups excluding tert-OH is 1. The van der Waals surface area contributed by atoms with E-state index in [4.69, 9.17) is 21.1 Å². The first kappa shape index (κ1) is 53.7. The minimum absolute atomic E-state index is 0.0152. The fourth-order valence-electron chi connectivity index (χ4n) is 5.70. The average Bonchev–Trinajstić information content (AvgIpc) is 3.61. The van der Waals surface area contributed by atoms with Crippen LogP contribution in [0, 0.1) is 17.0 Å². The van der Waals surface area contributed by atoms with Crippen molar-refractivity contribution in [3.8, 4) is 11.1 Å². The molecule has 0 aliphatic carbocycles. The van der Waals surface area contributed by atoms with Gasteiger partial charge in [0.05, 0.1) is 18.1 Å². The van der Waals surface area contributed by atoms with Gasteiger partial charge in [-0.15, -0.1) is 0 Å². The number of carbonyl (C=O) groups is 4. The van der Waals surface area contributed by atoms with Crippen molar-refractivity contribution in [3.05, 3.63) is 83.7 Å². The van der Waals surface area contributed by atoms with Gasteiger partial charge in [-0.25, -0.2) is 8.78 Å². The quantitative estimate of drug-likeness (QED) is 0.0635. The summed E-state index contributed by atoms with van der Waals surface area (Å²) in [5.41, 5.74) is 13.2. The van der Waals surface area contributed by atoms with Crippen molar-refractivity contribution >= 4 is 32.5 Å². The van der Waals surface area contributed by atoms with E-state index >= 15 is 0 Å². The van der Waals surface area contributed by atoms with Crippen LogP contribution in [-0.2, 0) is 30.2 Å². The number of hydrogen-bond acceptors (Lipinski definition) is 8. The van der Waals surface area contributed by atoms with E-state index in [1.54, 1.807) is 19.4 Å². The van der Waals surface area contributed by atoms with Crippen molar-refractivity contribution in [1.82, 2.24) is 20.1 Å². The number of nitrogens with one attached hydrogen (secondary N) is 2. The summed E-state index contributed by atoms with van der Waals surface area (Å²) >= 11 is 0. The molecule has 1 heterocycles. The zero-order valence-electron chi connectivity index (χ0n) is 35.6. The van der Waals surface area contributed by atoms with E-state index < -0.39 is 65.5 Å². The van der Waals surface area contributed by atoms with Crippen LogP contribution in [0.1, 0.15) is 92.0 Å². The Bertz CT molecular complexity index is 1650. The molecular formula is C42H67F2N6O7P. The Balaban J connectivity index is 0.00000329. The van der Waals surface area contributed by atoms with Crippen LogP contribution in [-0.4, -0.2) is 95.0 Å². The maximum Gasteiger partial charge on any atom is 0.303 e. The number of benzene rings is 2. The van der Waals surface area contributed by atoms with Crippen LogP contribution < -0.4 is 22.1 Å². The van der Waals surface area contributed by atoms with Crippen molar-refractivity contribution in [3.63, 3.8) is 0 Å². The largest absolute Gasteiger partial charge is 0.481 e. The second-order valence-corrected chi connectivity index (χ2v) is 15.0. The summed E-state index contributed by atoms with van der Waals surface area (Å²) in [6, 6.07) is 11.6. The number of halogens is 2. The average molecular weight is 837 g/mol. The van der Waals surface area contributed by atoms with Crippen molar-refractivity contribution in [2.75, 3.05) is 39.5 Å². The van der Waals surface area contributed by atoms with E-state index in [0.29, 0.717) is 26.6 Å². The van der Waals surface area contributed by atoms with Crippen molar-refractivity contribution in [2.45, 2.75) is 99.3 Å². The molecule has 0 saturated carbocycles. The highest BCUT2D eigenvalue weighted by Gasteiger charge is 2.37. The predicted octanol–water partition coefficient (Wildman–Crippen LogP) is 5.83. The second kappa shape index (κ2) is 29.0. The van der Waals surface area contributed by atoms with E-state index in [1.807, 2.05) is 83.4 Å². The number of aliphatic carboxylic acids is 1. The van der Waals surface area contributed by atoms with Crippen LogP contribution in [0.2, 0.25) is 0 Å². The molecule has 4 atom stereocenters. The third-order valence-corrected chi connectivity index (χ3v) is 8.85. The lowest BCUT2D eigenvalue weighted by Crippen LogP contribution is -2.49. The Morgan fingerprint density at radius 2 is 1.48 bits per heavy atom. The number of carbonyl (C=O) groups excluding carboxylic acids is 3. The Hall–Kier alpha value is -4.27. The Morgan fingerprint density at radius 3 is 1.97 bits per heavy atom. The normalized spacial score (nSPS) is 12.4. The van der Waals surface area contributed by atoms with Gasteiger partial charge in [-0.05, 0) is 54.2 Å². The number of aliphatic hydroxyl groups is 1. The fourth-order valence-corrected chi connectivity index (χ4v) is 5.99. The third kappa shape index (κ3) is 19.0. The van der Waals surface area contributed by atoms with Crippen LogP contribution >= 0.6 is 8.81 Å². The molecule has 16 heteroatoms. The maximum atomic E-state index is 15.0. The van der Waals surface area contributed by atoms with Gasteiger partial charge in [0.25, 0.3) is 0 Å². The highest BCUT2D eigenvalue weighted by atomic mass is 31.1. The summed E-state index contributed by atoms with van der Waals surface area (Å²) in [5, 5.41) is 23.9. The van der Waals surface area contributed by atoms with Gasteiger partial charge in [0.1, 0.15) is 18.2 Å². The number of amides is 3. The van der Waals surface area contributed by atoms with Crippen LogP contribution in [0.15, 0.2) is 60.8 Å². The summed E-state index contributed by atoms with van der Waals surface area (Å²) in [5.74, 6) is -3.98. The number of nitrogens with zero attached hydrogens (tertiary/aromatic N) is 2. The zero-order valence-corrected chi connectivity index (χ0v) is 36.6. The van der Waals surface area contributed by atoms with E-state index in [9.17, 15) is 33.1 Å². The lowest BCUT2D eigenvalue weighted by molar-refractivity contribution is -0.140. The van der Waals surface area contributed by atoms with E-state index in [2.05, 4.69) is 17.6 Å². The molecule has 0 spiro atoms. The van der Waals surface area contributed by atoms with Crippen LogP contribution in [0.4, 0.5) is 8.78 Å². The number of hydrogen-bond donors (Lipinski definition) is 6. The first-order chi connectivity index (χ1) is 27.5. The van der Waals surface area contributed by atoms with Crippen LogP contribution in [0.5, 0.6) is 0 Å². The van der Waals surface area contributed by atoms with Gasteiger partial charge in [0, 0.05) is 71.5 Å². The smallest absolute Gasteiger partial charge is 0.303 e. The van der Waals surface area contributed by atoms with Gasteiger partial charge in [0.2, 0.25) is 17.7 Å². The molecule has 1 aromatic heterocycles. The van der Waals surface area contributed by atoms with Gasteiger partial charge in [-0.3, -0.25) is 19.2 Å².